The van der Waals surface area contributed by atoms with E-state index in [9.17, 15) is 9.18 Å². The Labute approximate surface area is 112 Å². The number of halogens is 2. The monoisotopic (exact) mass is 285 g/mol. The maximum atomic E-state index is 12.8. The molecule has 0 amide bonds. The van der Waals surface area contributed by atoms with Crippen LogP contribution in [0, 0.1) is 5.82 Å². The van der Waals surface area contributed by atoms with Crippen LogP contribution in [0.25, 0.3) is 0 Å². The zero-order valence-corrected chi connectivity index (χ0v) is 10.7. The van der Waals surface area contributed by atoms with Crippen molar-refractivity contribution in [2.24, 2.45) is 0 Å². The first-order chi connectivity index (χ1) is 8.56. The third-order valence-corrected chi connectivity index (χ3v) is 3.64. The van der Waals surface area contributed by atoms with Crippen molar-refractivity contribution in [2.45, 2.75) is 6.54 Å². The van der Waals surface area contributed by atoms with Gasteiger partial charge < -0.3 is 10.4 Å². The average Bonchev–Trinajstić information content (AvgIpc) is 2.76. The van der Waals surface area contributed by atoms with Crippen molar-refractivity contribution >= 4 is 34.6 Å². The molecule has 0 aliphatic heterocycles. The van der Waals surface area contributed by atoms with Crippen molar-refractivity contribution in [2.75, 3.05) is 5.32 Å². The van der Waals surface area contributed by atoms with E-state index in [1.807, 2.05) is 0 Å². The standard InChI is InChI=1S/C12H9ClFNO2S/c13-9-5-7(14)1-3-10(9)15-6-8-2-4-11(18-8)12(16)17/h1-5,15H,6H2,(H,16,17). The van der Waals surface area contributed by atoms with E-state index < -0.39 is 11.8 Å². The summed E-state index contributed by atoms with van der Waals surface area (Å²) in [6.45, 7) is 0.448. The molecular formula is C12H9ClFNO2S. The molecule has 0 atom stereocenters. The number of hydrogen-bond donors (Lipinski definition) is 2. The third kappa shape index (κ3) is 3.00. The Bertz CT molecular complexity index is 585. The Morgan fingerprint density at radius 1 is 1.39 bits per heavy atom. The van der Waals surface area contributed by atoms with Gasteiger partial charge in [-0.25, -0.2) is 9.18 Å². The molecule has 94 valence electrons. The Morgan fingerprint density at radius 3 is 2.78 bits per heavy atom. The predicted octanol–water partition coefficient (Wildman–Crippen LogP) is 3.85. The molecule has 1 aromatic heterocycles. The van der Waals surface area contributed by atoms with E-state index in [1.165, 1.54) is 23.5 Å². The second-order valence-corrected chi connectivity index (χ2v) is 5.12. The van der Waals surface area contributed by atoms with Gasteiger partial charge in [0.1, 0.15) is 10.7 Å². The van der Waals surface area contributed by atoms with Crippen molar-refractivity contribution in [1.29, 1.82) is 0 Å². The van der Waals surface area contributed by atoms with Crippen LogP contribution in [0.2, 0.25) is 5.02 Å². The fraction of sp³-hybridized carbons (Fsp3) is 0.0833. The van der Waals surface area contributed by atoms with Crippen LogP contribution in [0.1, 0.15) is 14.5 Å². The highest BCUT2D eigenvalue weighted by Crippen LogP contribution is 2.24. The summed E-state index contributed by atoms with van der Waals surface area (Å²) < 4.78 is 12.8. The van der Waals surface area contributed by atoms with Crippen molar-refractivity contribution in [3.8, 4) is 0 Å². The Morgan fingerprint density at radius 2 is 2.17 bits per heavy atom. The highest BCUT2D eigenvalue weighted by Gasteiger charge is 2.07. The Balaban J connectivity index is 2.04. The molecule has 0 radical (unpaired) electrons. The molecule has 18 heavy (non-hydrogen) atoms. The summed E-state index contributed by atoms with van der Waals surface area (Å²) in [5.74, 6) is -1.33. The normalized spacial score (nSPS) is 10.3. The molecule has 0 saturated carbocycles. The molecule has 3 nitrogen and oxygen atoms in total. The van der Waals surface area contributed by atoms with Crippen molar-refractivity contribution in [3.05, 3.63) is 50.9 Å². The lowest BCUT2D eigenvalue weighted by molar-refractivity contribution is 0.0702. The Kier molecular flexibility index (Phi) is 3.84. The summed E-state index contributed by atoms with van der Waals surface area (Å²) in [6, 6.07) is 7.37. The lowest BCUT2D eigenvalue weighted by Gasteiger charge is -2.06. The number of aromatic carboxylic acids is 1. The van der Waals surface area contributed by atoms with Crippen molar-refractivity contribution in [1.82, 2.24) is 0 Å². The number of carbonyl (C=O) groups is 1. The van der Waals surface area contributed by atoms with Gasteiger partial charge in [0.15, 0.2) is 0 Å². The molecule has 0 bridgehead atoms. The summed E-state index contributed by atoms with van der Waals surface area (Å²) in [4.78, 5) is 11.9. The topological polar surface area (TPSA) is 49.3 Å². The van der Waals surface area contributed by atoms with E-state index in [-0.39, 0.29) is 4.88 Å². The maximum absolute atomic E-state index is 12.8. The molecule has 2 rings (SSSR count). The van der Waals surface area contributed by atoms with E-state index in [4.69, 9.17) is 16.7 Å². The van der Waals surface area contributed by atoms with Crippen LogP contribution in [0.5, 0.6) is 0 Å². The van der Waals surface area contributed by atoms with Crippen LogP contribution >= 0.6 is 22.9 Å². The first-order valence-corrected chi connectivity index (χ1v) is 6.26. The van der Waals surface area contributed by atoms with Crippen molar-refractivity contribution < 1.29 is 14.3 Å². The highest BCUT2D eigenvalue weighted by atomic mass is 35.5. The fourth-order valence-electron chi connectivity index (χ4n) is 1.40. The largest absolute Gasteiger partial charge is 0.477 e. The second kappa shape index (κ2) is 5.37. The molecule has 0 fully saturated rings. The van der Waals surface area contributed by atoms with Gasteiger partial charge in [-0.1, -0.05) is 11.6 Å². The maximum Gasteiger partial charge on any atom is 0.345 e. The molecular weight excluding hydrogens is 277 g/mol. The van der Waals surface area contributed by atoms with E-state index in [0.717, 1.165) is 4.88 Å². The number of nitrogens with one attached hydrogen (secondary N) is 1. The average molecular weight is 286 g/mol. The van der Waals surface area contributed by atoms with E-state index in [2.05, 4.69) is 5.32 Å². The molecule has 1 aromatic carbocycles. The quantitative estimate of drug-likeness (QED) is 0.897. The van der Waals surface area contributed by atoms with Gasteiger partial charge in [-0.15, -0.1) is 11.3 Å². The summed E-state index contributed by atoms with van der Waals surface area (Å²) in [6.07, 6.45) is 0. The lowest BCUT2D eigenvalue weighted by Crippen LogP contribution is -1.98. The molecule has 0 spiro atoms. The number of carboxylic acid groups (broad SMARTS) is 1. The fourth-order valence-corrected chi connectivity index (χ4v) is 2.42. The lowest BCUT2D eigenvalue weighted by atomic mass is 10.3. The van der Waals surface area contributed by atoms with Gasteiger partial charge in [0.2, 0.25) is 0 Å². The van der Waals surface area contributed by atoms with Gasteiger partial charge in [-0.05, 0) is 30.3 Å². The van der Waals surface area contributed by atoms with Gasteiger partial charge in [0.25, 0.3) is 0 Å². The number of anilines is 1. The van der Waals surface area contributed by atoms with Gasteiger partial charge >= 0.3 is 5.97 Å². The number of benzene rings is 1. The molecule has 0 aliphatic rings. The van der Waals surface area contributed by atoms with Gasteiger partial charge in [0, 0.05) is 11.4 Å². The van der Waals surface area contributed by atoms with E-state index >= 15 is 0 Å². The second-order valence-electron chi connectivity index (χ2n) is 3.55. The molecule has 2 aromatic rings. The summed E-state index contributed by atoms with van der Waals surface area (Å²) in [5.41, 5.74) is 0.614. The highest BCUT2D eigenvalue weighted by molar-refractivity contribution is 7.13. The van der Waals surface area contributed by atoms with Crippen LogP contribution < -0.4 is 5.32 Å². The summed E-state index contributed by atoms with van der Waals surface area (Å²) in [7, 11) is 0. The number of rotatable bonds is 4. The minimum absolute atomic E-state index is 0.289. The van der Waals surface area contributed by atoms with Crippen LogP contribution in [-0.2, 0) is 6.54 Å². The number of hydrogen-bond acceptors (Lipinski definition) is 3. The smallest absolute Gasteiger partial charge is 0.345 e. The first-order valence-electron chi connectivity index (χ1n) is 5.07. The molecule has 1 heterocycles. The first kappa shape index (κ1) is 12.9. The van der Waals surface area contributed by atoms with Crippen LogP contribution in [0.3, 0.4) is 0 Å². The zero-order chi connectivity index (χ0) is 13.1. The minimum Gasteiger partial charge on any atom is -0.477 e. The number of thiophene rings is 1. The van der Waals surface area contributed by atoms with Crippen LogP contribution in [-0.4, -0.2) is 11.1 Å². The van der Waals surface area contributed by atoms with Crippen molar-refractivity contribution in [3.63, 3.8) is 0 Å². The molecule has 0 aliphatic carbocycles. The molecule has 2 N–H and O–H groups in total. The predicted molar refractivity (Wildman–Crippen MR) is 70.0 cm³/mol. The molecule has 0 unspecified atom stereocenters. The SMILES string of the molecule is O=C(O)c1ccc(CNc2ccc(F)cc2Cl)s1. The molecule has 6 heteroatoms. The van der Waals surface area contributed by atoms with Crippen LogP contribution in [0.4, 0.5) is 10.1 Å². The summed E-state index contributed by atoms with van der Waals surface area (Å²) in [5, 5.41) is 12.1. The zero-order valence-electron chi connectivity index (χ0n) is 9.11. The summed E-state index contributed by atoms with van der Waals surface area (Å²) >= 11 is 7.05. The number of carboxylic acids is 1. The van der Waals surface area contributed by atoms with Crippen LogP contribution in [0.15, 0.2) is 30.3 Å². The van der Waals surface area contributed by atoms with E-state index in [0.29, 0.717) is 17.3 Å². The molecule has 0 saturated heterocycles. The van der Waals surface area contributed by atoms with Gasteiger partial charge in [-0.2, -0.15) is 0 Å². The minimum atomic E-state index is -0.939. The van der Waals surface area contributed by atoms with E-state index in [1.54, 1.807) is 18.2 Å². The Hall–Kier alpha value is -1.59. The van der Waals surface area contributed by atoms with Gasteiger partial charge in [-0.3, -0.25) is 0 Å². The van der Waals surface area contributed by atoms with Gasteiger partial charge in [0.05, 0.1) is 10.7 Å². The third-order valence-electron chi connectivity index (χ3n) is 2.26.